The van der Waals surface area contributed by atoms with Crippen molar-refractivity contribution in [3.63, 3.8) is 0 Å². The summed E-state index contributed by atoms with van der Waals surface area (Å²) in [4.78, 5) is 14.3. The van der Waals surface area contributed by atoms with Gasteiger partial charge in [-0.05, 0) is 39.2 Å². The number of nitrogens with two attached hydrogens (primary N) is 1. The fraction of sp³-hybridized carbons (Fsp3) is 0.929. The van der Waals surface area contributed by atoms with E-state index in [0.717, 1.165) is 25.9 Å². The first kappa shape index (κ1) is 16.4. The van der Waals surface area contributed by atoms with Gasteiger partial charge in [-0.3, -0.25) is 4.90 Å². The SMILES string of the molecule is CCOCCN(CC)CC(N)(C(=O)OCC)C1CC1. The lowest BCUT2D eigenvalue weighted by atomic mass is 9.93. The van der Waals surface area contributed by atoms with Gasteiger partial charge in [0.15, 0.2) is 0 Å². The molecule has 0 bridgehead atoms. The van der Waals surface area contributed by atoms with E-state index in [0.29, 0.717) is 26.4 Å². The zero-order valence-corrected chi connectivity index (χ0v) is 12.5. The molecule has 1 unspecified atom stereocenters. The molecule has 0 saturated heterocycles. The summed E-state index contributed by atoms with van der Waals surface area (Å²) in [5.74, 6) is 0.0139. The molecular formula is C14H28N2O3. The highest BCUT2D eigenvalue weighted by molar-refractivity contribution is 5.82. The largest absolute Gasteiger partial charge is 0.465 e. The maximum Gasteiger partial charge on any atom is 0.327 e. The first-order chi connectivity index (χ1) is 9.08. The summed E-state index contributed by atoms with van der Waals surface area (Å²) >= 11 is 0. The Morgan fingerprint density at radius 3 is 2.47 bits per heavy atom. The standard InChI is InChI=1S/C14H28N2O3/c1-4-16(9-10-18-5-2)11-14(15,12-7-8-12)13(17)19-6-3/h12H,4-11,15H2,1-3H3. The summed E-state index contributed by atoms with van der Waals surface area (Å²) in [7, 11) is 0. The van der Waals surface area contributed by atoms with E-state index in [1.54, 1.807) is 0 Å². The van der Waals surface area contributed by atoms with Crippen molar-refractivity contribution in [1.82, 2.24) is 4.90 Å². The van der Waals surface area contributed by atoms with Gasteiger partial charge in [-0.15, -0.1) is 0 Å². The lowest BCUT2D eigenvalue weighted by Gasteiger charge is -2.33. The molecule has 5 nitrogen and oxygen atoms in total. The minimum absolute atomic E-state index is 0.257. The number of ether oxygens (including phenoxy) is 2. The molecule has 1 fully saturated rings. The van der Waals surface area contributed by atoms with Gasteiger partial charge >= 0.3 is 5.97 Å². The zero-order chi connectivity index (χ0) is 14.3. The van der Waals surface area contributed by atoms with E-state index in [4.69, 9.17) is 15.2 Å². The molecule has 0 spiro atoms. The molecule has 19 heavy (non-hydrogen) atoms. The number of likely N-dealkylation sites (N-methyl/N-ethyl adjacent to an activating group) is 1. The number of hydrogen-bond donors (Lipinski definition) is 1. The Hall–Kier alpha value is -0.650. The Balaban J connectivity index is 2.57. The van der Waals surface area contributed by atoms with E-state index in [1.165, 1.54) is 0 Å². The molecular weight excluding hydrogens is 244 g/mol. The number of esters is 1. The fourth-order valence-electron chi connectivity index (χ4n) is 2.28. The number of rotatable bonds is 10. The molecule has 1 aliphatic rings. The highest BCUT2D eigenvalue weighted by atomic mass is 16.5. The Morgan fingerprint density at radius 2 is 2.00 bits per heavy atom. The van der Waals surface area contributed by atoms with E-state index in [9.17, 15) is 4.79 Å². The van der Waals surface area contributed by atoms with Gasteiger partial charge in [0.25, 0.3) is 0 Å². The smallest absolute Gasteiger partial charge is 0.327 e. The zero-order valence-electron chi connectivity index (χ0n) is 12.5. The molecule has 5 heteroatoms. The Labute approximate surface area is 116 Å². The quantitative estimate of drug-likeness (QED) is 0.475. The Morgan fingerprint density at radius 1 is 1.32 bits per heavy atom. The second-order valence-electron chi connectivity index (χ2n) is 5.10. The molecule has 0 radical (unpaired) electrons. The predicted octanol–water partition coefficient (Wildman–Crippen LogP) is 1.02. The third-order valence-electron chi connectivity index (χ3n) is 3.65. The molecule has 0 heterocycles. The summed E-state index contributed by atoms with van der Waals surface area (Å²) < 4.78 is 10.5. The molecule has 0 aromatic rings. The van der Waals surface area contributed by atoms with Gasteiger partial charge in [-0.1, -0.05) is 6.92 Å². The Kier molecular flexibility index (Phi) is 6.75. The van der Waals surface area contributed by atoms with Crippen molar-refractivity contribution in [3.05, 3.63) is 0 Å². The number of carbonyl (C=O) groups is 1. The average molecular weight is 272 g/mol. The summed E-state index contributed by atoms with van der Waals surface area (Å²) in [6.07, 6.45) is 2.05. The van der Waals surface area contributed by atoms with Crippen molar-refractivity contribution < 1.29 is 14.3 Å². The van der Waals surface area contributed by atoms with E-state index in [2.05, 4.69) is 11.8 Å². The lowest BCUT2D eigenvalue weighted by molar-refractivity contribution is -0.151. The van der Waals surface area contributed by atoms with Crippen LogP contribution >= 0.6 is 0 Å². The van der Waals surface area contributed by atoms with Crippen LogP contribution in [0.25, 0.3) is 0 Å². The second kappa shape index (κ2) is 7.82. The predicted molar refractivity (Wildman–Crippen MR) is 74.9 cm³/mol. The second-order valence-corrected chi connectivity index (χ2v) is 5.10. The molecule has 0 aromatic carbocycles. The van der Waals surface area contributed by atoms with E-state index < -0.39 is 5.54 Å². The van der Waals surface area contributed by atoms with Crippen LogP contribution in [0.15, 0.2) is 0 Å². The normalized spacial score (nSPS) is 18.4. The van der Waals surface area contributed by atoms with E-state index >= 15 is 0 Å². The summed E-state index contributed by atoms with van der Waals surface area (Å²) in [6, 6.07) is 0. The van der Waals surface area contributed by atoms with Crippen LogP contribution in [0.2, 0.25) is 0 Å². The topological polar surface area (TPSA) is 64.8 Å². The molecule has 1 rings (SSSR count). The maximum absolute atomic E-state index is 12.1. The molecule has 1 atom stereocenters. The van der Waals surface area contributed by atoms with Gasteiger partial charge in [0.2, 0.25) is 0 Å². The van der Waals surface area contributed by atoms with Crippen LogP contribution < -0.4 is 5.73 Å². The van der Waals surface area contributed by atoms with Crippen LogP contribution in [0.1, 0.15) is 33.6 Å². The number of carbonyl (C=O) groups excluding carboxylic acids is 1. The van der Waals surface area contributed by atoms with Crippen molar-refractivity contribution in [1.29, 1.82) is 0 Å². The van der Waals surface area contributed by atoms with Gasteiger partial charge < -0.3 is 15.2 Å². The number of nitrogens with zero attached hydrogens (tertiary/aromatic N) is 1. The summed E-state index contributed by atoms with van der Waals surface area (Å²) in [5.41, 5.74) is 5.51. The molecule has 0 amide bonds. The minimum Gasteiger partial charge on any atom is -0.465 e. The van der Waals surface area contributed by atoms with Gasteiger partial charge in [0.1, 0.15) is 5.54 Å². The molecule has 1 saturated carbocycles. The van der Waals surface area contributed by atoms with Gasteiger partial charge in [-0.2, -0.15) is 0 Å². The van der Waals surface area contributed by atoms with Crippen LogP contribution in [0, 0.1) is 5.92 Å². The molecule has 0 aromatic heterocycles. The first-order valence-electron chi connectivity index (χ1n) is 7.34. The third-order valence-corrected chi connectivity index (χ3v) is 3.65. The van der Waals surface area contributed by atoms with Crippen LogP contribution in [0.4, 0.5) is 0 Å². The van der Waals surface area contributed by atoms with Crippen molar-refractivity contribution in [3.8, 4) is 0 Å². The van der Waals surface area contributed by atoms with Crippen LogP contribution in [-0.4, -0.2) is 55.9 Å². The Bertz CT molecular complexity index is 282. The van der Waals surface area contributed by atoms with Crippen LogP contribution in [0.5, 0.6) is 0 Å². The maximum atomic E-state index is 12.1. The average Bonchev–Trinajstić information content (AvgIpc) is 3.22. The van der Waals surface area contributed by atoms with E-state index in [-0.39, 0.29) is 11.9 Å². The van der Waals surface area contributed by atoms with Crippen molar-refractivity contribution in [2.75, 3.05) is 39.5 Å². The monoisotopic (exact) mass is 272 g/mol. The fourth-order valence-corrected chi connectivity index (χ4v) is 2.28. The summed E-state index contributed by atoms with van der Waals surface area (Å²) in [5, 5.41) is 0. The van der Waals surface area contributed by atoms with Crippen LogP contribution in [-0.2, 0) is 14.3 Å². The van der Waals surface area contributed by atoms with Crippen LogP contribution in [0.3, 0.4) is 0 Å². The molecule has 112 valence electrons. The molecule has 0 aliphatic heterocycles. The summed E-state index contributed by atoms with van der Waals surface area (Å²) in [6.45, 7) is 9.86. The van der Waals surface area contributed by atoms with Crippen molar-refractivity contribution >= 4 is 5.97 Å². The third kappa shape index (κ3) is 4.75. The van der Waals surface area contributed by atoms with Crippen molar-refractivity contribution in [2.24, 2.45) is 11.7 Å². The van der Waals surface area contributed by atoms with E-state index in [1.807, 2.05) is 13.8 Å². The highest BCUT2D eigenvalue weighted by Gasteiger charge is 2.49. The molecule has 1 aliphatic carbocycles. The minimum atomic E-state index is -0.849. The lowest BCUT2D eigenvalue weighted by Crippen LogP contribution is -2.59. The number of hydrogen-bond acceptors (Lipinski definition) is 5. The van der Waals surface area contributed by atoms with Gasteiger partial charge in [0, 0.05) is 19.7 Å². The molecule has 2 N–H and O–H groups in total. The van der Waals surface area contributed by atoms with Gasteiger partial charge in [-0.25, -0.2) is 4.79 Å². The highest BCUT2D eigenvalue weighted by Crippen LogP contribution is 2.39. The van der Waals surface area contributed by atoms with Crippen molar-refractivity contribution in [2.45, 2.75) is 39.2 Å². The first-order valence-corrected chi connectivity index (χ1v) is 7.34. The van der Waals surface area contributed by atoms with Gasteiger partial charge in [0.05, 0.1) is 13.2 Å².